The molecule has 1 aromatic carbocycles. The van der Waals surface area contributed by atoms with E-state index in [9.17, 15) is 14.7 Å². The van der Waals surface area contributed by atoms with E-state index < -0.39 is 10.7 Å². The molecule has 0 amide bonds. The van der Waals surface area contributed by atoms with Gasteiger partial charge in [0.25, 0.3) is 4.74 Å². The number of hydrogen-bond acceptors (Lipinski definition) is 6. The summed E-state index contributed by atoms with van der Waals surface area (Å²) in [6.07, 6.45) is 0. The van der Waals surface area contributed by atoms with Gasteiger partial charge in [0.15, 0.2) is 5.56 Å². The Balaban J connectivity index is 2.69. The van der Waals surface area contributed by atoms with Crippen LogP contribution in [-0.4, -0.2) is 24.8 Å². The van der Waals surface area contributed by atoms with Gasteiger partial charge in [-0.05, 0) is 25.1 Å². The molecule has 0 fully saturated rings. The molecule has 1 heterocycles. The fourth-order valence-corrected chi connectivity index (χ4v) is 2.61. The highest BCUT2D eigenvalue weighted by molar-refractivity contribution is 7.16. The minimum atomic E-state index is -0.807. The number of esters is 1. The lowest BCUT2D eigenvalue weighted by Gasteiger charge is -2.07. The second kappa shape index (κ2) is 5.27. The molecule has 6 heteroatoms. The average Bonchev–Trinajstić information content (AvgIpc) is 2.38. The smallest absolute Gasteiger partial charge is 0.346 e. The number of benzene rings is 1. The lowest BCUT2D eigenvalue weighted by Crippen LogP contribution is -2.15. The number of carbonyl (C=O) groups excluding carboxylic acids is 1. The molecule has 0 radical (unpaired) electrons. The van der Waals surface area contributed by atoms with Crippen LogP contribution < -0.4 is 9.48 Å². The van der Waals surface area contributed by atoms with Crippen molar-refractivity contribution in [3.05, 3.63) is 33.3 Å². The summed E-state index contributed by atoms with van der Waals surface area (Å²) >= 11 is 0.870. The fourth-order valence-electron chi connectivity index (χ4n) is 1.68. The molecule has 0 aliphatic rings. The van der Waals surface area contributed by atoms with E-state index in [0.29, 0.717) is 15.8 Å². The van der Waals surface area contributed by atoms with E-state index in [1.54, 1.807) is 25.1 Å². The SMILES string of the molecule is CCOC(=O)c1c(O)c2ccc(OC)cc2sc1=O. The molecule has 19 heavy (non-hydrogen) atoms. The summed E-state index contributed by atoms with van der Waals surface area (Å²) in [5, 5.41) is 10.5. The summed E-state index contributed by atoms with van der Waals surface area (Å²) in [6.45, 7) is 1.78. The Morgan fingerprint density at radius 2 is 2.16 bits per heavy atom. The normalized spacial score (nSPS) is 10.4. The molecule has 0 aliphatic heterocycles. The minimum absolute atomic E-state index is 0.142. The third kappa shape index (κ3) is 2.39. The van der Waals surface area contributed by atoms with E-state index in [2.05, 4.69) is 0 Å². The molecule has 0 atom stereocenters. The lowest BCUT2D eigenvalue weighted by atomic mass is 10.2. The summed E-state index contributed by atoms with van der Waals surface area (Å²) in [4.78, 5) is 23.5. The van der Waals surface area contributed by atoms with Gasteiger partial charge in [-0.1, -0.05) is 11.3 Å². The van der Waals surface area contributed by atoms with Crippen molar-refractivity contribution in [2.45, 2.75) is 6.92 Å². The van der Waals surface area contributed by atoms with Crippen molar-refractivity contribution in [2.24, 2.45) is 0 Å². The monoisotopic (exact) mass is 280 g/mol. The molecule has 1 N–H and O–H groups in total. The molecule has 0 spiro atoms. The van der Waals surface area contributed by atoms with Gasteiger partial charge in [0.05, 0.1) is 13.7 Å². The zero-order valence-corrected chi connectivity index (χ0v) is 11.2. The molecular formula is C13H12O5S. The van der Waals surface area contributed by atoms with Crippen LogP contribution in [0.15, 0.2) is 23.0 Å². The summed E-state index contributed by atoms with van der Waals surface area (Å²) in [7, 11) is 1.51. The second-order valence-corrected chi connectivity index (χ2v) is 4.71. The van der Waals surface area contributed by atoms with Gasteiger partial charge in [-0.25, -0.2) is 4.79 Å². The first-order valence-corrected chi connectivity index (χ1v) is 6.41. The molecule has 100 valence electrons. The maximum absolute atomic E-state index is 11.9. The van der Waals surface area contributed by atoms with Crippen molar-refractivity contribution < 1.29 is 19.4 Å². The standard InChI is InChI=1S/C13H12O5S/c1-3-18-12(15)10-11(14)8-5-4-7(17-2)6-9(8)19-13(10)16/h4-6,14H,3H2,1-2H3. The average molecular weight is 280 g/mol. The van der Waals surface area contributed by atoms with Gasteiger partial charge >= 0.3 is 5.97 Å². The van der Waals surface area contributed by atoms with Crippen molar-refractivity contribution in [3.63, 3.8) is 0 Å². The molecule has 2 rings (SSSR count). The Morgan fingerprint density at radius 1 is 1.42 bits per heavy atom. The number of ether oxygens (including phenoxy) is 2. The van der Waals surface area contributed by atoms with E-state index in [1.165, 1.54) is 7.11 Å². The number of carbonyl (C=O) groups is 1. The first-order chi connectivity index (χ1) is 9.08. The zero-order valence-electron chi connectivity index (χ0n) is 10.4. The zero-order chi connectivity index (χ0) is 14.0. The summed E-state index contributed by atoms with van der Waals surface area (Å²) in [5.74, 6) is -0.578. The summed E-state index contributed by atoms with van der Waals surface area (Å²) < 4.78 is 9.84. The third-order valence-electron chi connectivity index (χ3n) is 2.57. The highest BCUT2D eigenvalue weighted by atomic mass is 32.1. The van der Waals surface area contributed by atoms with E-state index in [4.69, 9.17) is 9.47 Å². The van der Waals surface area contributed by atoms with E-state index in [-0.39, 0.29) is 17.9 Å². The van der Waals surface area contributed by atoms with Gasteiger partial charge in [-0.3, -0.25) is 4.79 Å². The lowest BCUT2D eigenvalue weighted by molar-refractivity contribution is 0.0522. The summed E-state index contributed by atoms with van der Waals surface area (Å²) in [5.41, 5.74) is -0.315. The Morgan fingerprint density at radius 3 is 2.79 bits per heavy atom. The molecule has 0 aliphatic carbocycles. The van der Waals surface area contributed by atoms with Crippen molar-refractivity contribution >= 4 is 27.4 Å². The first-order valence-electron chi connectivity index (χ1n) is 5.59. The molecule has 0 saturated carbocycles. The summed E-state index contributed by atoms with van der Waals surface area (Å²) in [6, 6.07) is 4.88. The third-order valence-corrected chi connectivity index (χ3v) is 3.51. The number of methoxy groups -OCH3 is 1. The van der Waals surface area contributed by atoms with Crippen LogP contribution in [0, 0.1) is 0 Å². The molecular weight excluding hydrogens is 268 g/mol. The van der Waals surface area contributed by atoms with Crippen LogP contribution in [0.1, 0.15) is 17.3 Å². The Hall–Kier alpha value is -2.08. The Bertz CT molecular complexity index is 689. The highest BCUT2D eigenvalue weighted by Crippen LogP contribution is 2.31. The van der Waals surface area contributed by atoms with Crippen LogP contribution in [-0.2, 0) is 4.74 Å². The maximum Gasteiger partial charge on any atom is 0.346 e. The number of fused-ring (bicyclic) bond motifs is 1. The van der Waals surface area contributed by atoms with Crippen LogP contribution in [0.5, 0.6) is 11.5 Å². The predicted molar refractivity (Wildman–Crippen MR) is 72.3 cm³/mol. The van der Waals surface area contributed by atoms with E-state index >= 15 is 0 Å². The molecule has 0 bridgehead atoms. The van der Waals surface area contributed by atoms with Crippen LogP contribution >= 0.6 is 11.3 Å². The van der Waals surface area contributed by atoms with Gasteiger partial charge in [-0.2, -0.15) is 0 Å². The highest BCUT2D eigenvalue weighted by Gasteiger charge is 2.20. The molecule has 5 nitrogen and oxygen atoms in total. The quantitative estimate of drug-likeness (QED) is 0.872. The number of rotatable bonds is 3. The number of hydrogen-bond donors (Lipinski definition) is 1. The first kappa shape index (κ1) is 13.4. The Kier molecular flexibility index (Phi) is 3.71. The van der Waals surface area contributed by atoms with Crippen LogP contribution in [0.3, 0.4) is 0 Å². The predicted octanol–water partition coefficient (Wildman–Crippen LogP) is 2.15. The minimum Gasteiger partial charge on any atom is -0.506 e. The molecule has 1 aromatic heterocycles. The topological polar surface area (TPSA) is 72.8 Å². The maximum atomic E-state index is 11.9. The van der Waals surface area contributed by atoms with Crippen LogP contribution in [0.4, 0.5) is 0 Å². The van der Waals surface area contributed by atoms with E-state index in [0.717, 1.165) is 11.3 Å². The van der Waals surface area contributed by atoms with Gasteiger partial charge in [0, 0.05) is 10.1 Å². The van der Waals surface area contributed by atoms with Crippen molar-refractivity contribution in [3.8, 4) is 11.5 Å². The molecule has 0 saturated heterocycles. The van der Waals surface area contributed by atoms with Gasteiger partial charge in [-0.15, -0.1) is 0 Å². The van der Waals surface area contributed by atoms with Crippen molar-refractivity contribution in [1.29, 1.82) is 0 Å². The van der Waals surface area contributed by atoms with Gasteiger partial charge < -0.3 is 14.6 Å². The van der Waals surface area contributed by atoms with Crippen LogP contribution in [0.2, 0.25) is 0 Å². The van der Waals surface area contributed by atoms with E-state index in [1.807, 2.05) is 0 Å². The van der Waals surface area contributed by atoms with Gasteiger partial charge in [0.1, 0.15) is 11.5 Å². The molecule has 2 aromatic rings. The molecule has 0 unspecified atom stereocenters. The Labute approximate surface area is 113 Å². The van der Waals surface area contributed by atoms with Crippen molar-refractivity contribution in [1.82, 2.24) is 0 Å². The fraction of sp³-hybridized carbons (Fsp3) is 0.231. The second-order valence-electron chi connectivity index (χ2n) is 3.70. The van der Waals surface area contributed by atoms with Crippen LogP contribution in [0.25, 0.3) is 10.1 Å². The number of aromatic hydroxyl groups is 1. The van der Waals surface area contributed by atoms with Gasteiger partial charge in [0.2, 0.25) is 0 Å². The largest absolute Gasteiger partial charge is 0.506 e. The van der Waals surface area contributed by atoms with Crippen molar-refractivity contribution in [2.75, 3.05) is 13.7 Å².